The van der Waals surface area contributed by atoms with Crippen molar-refractivity contribution in [3.8, 4) is 0 Å². The molecule has 1 aromatic rings. The lowest BCUT2D eigenvalue weighted by Gasteiger charge is -2.24. The molecule has 3 nitrogen and oxygen atoms in total. The Hall–Kier alpha value is -0.710. The molecule has 1 aliphatic rings. The molecule has 4 heteroatoms. The van der Waals surface area contributed by atoms with Gasteiger partial charge in [0.1, 0.15) is 5.01 Å². The van der Waals surface area contributed by atoms with Crippen molar-refractivity contribution in [1.82, 2.24) is 15.2 Å². The van der Waals surface area contributed by atoms with Crippen LogP contribution in [0.5, 0.6) is 0 Å². The molecule has 2 heterocycles. The first-order valence-corrected chi connectivity index (χ1v) is 7.68. The van der Waals surface area contributed by atoms with Gasteiger partial charge < -0.3 is 5.32 Å². The van der Waals surface area contributed by atoms with Crippen LogP contribution >= 0.6 is 11.3 Å². The minimum atomic E-state index is 0.914. The number of thiazole rings is 1. The van der Waals surface area contributed by atoms with Crippen LogP contribution in [-0.4, -0.2) is 29.5 Å². The van der Waals surface area contributed by atoms with Crippen LogP contribution in [0, 0.1) is 0 Å². The van der Waals surface area contributed by atoms with Gasteiger partial charge in [0.2, 0.25) is 0 Å². The lowest BCUT2D eigenvalue weighted by Crippen LogP contribution is -2.28. The van der Waals surface area contributed by atoms with E-state index in [1.54, 1.807) is 11.3 Å². The van der Waals surface area contributed by atoms with E-state index in [0.29, 0.717) is 0 Å². The predicted molar refractivity (Wildman–Crippen MR) is 77.8 cm³/mol. The lowest BCUT2D eigenvalue weighted by atomic mass is 10.1. The Morgan fingerprint density at radius 3 is 3.17 bits per heavy atom. The second-order valence-corrected chi connectivity index (χ2v) is 5.90. The van der Waals surface area contributed by atoms with Crippen LogP contribution in [0.15, 0.2) is 17.0 Å². The van der Waals surface area contributed by atoms with Crippen LogP contribution in [0.2, 0.25) is 0 Å². The fourth-order valence-corrected chi connectivity index (χ4v) is 2.98. The summed E-state index contributed by atoms with van der Waals surface area (Å²) in [6, 6.07) is 0. The number of nitrogens with zero attached hydrogens (tertiary/aromatic N) is 2. The maximum absolute atomic E-state index is 4.70. The highest BCUT2D eigenvalue weighted by Crippen LogP contribution is 2.15. The number of aromatic nitrogens is 1. The van der Waals surface area contributed by atoms with E-state index < -0.39 is 0 Å². The van der Waals surface area contributed by atoms with Gasteiger partial charge >= 0.3 is 0 Å². The fourth-order valence-electron chi connectivity index (χ4n) is 2.23. The molecule has 18 heavy (non-hydrogen) atoms. The number of hydrogen-bond acceptors (Lipinski definition) is 4. The zero-order valence-electron chi connectivity index (χ0n) is 11.4. The molecule has 0 unspecified atom stereocenters. The maximum atomic E-state index is 4.70. The summed E-state index contributed by atoms with van der Waals surface area (Å²) in [5.74, 6) is 0. The molecule has 0 saturated carbocycles. The van der Waals surface area contributed by atoms with Crippen molar-refractivity contribution in [2.24, 2.45) is 0 Å². The average molecular weight is 265 g/mol. The van der Waals surface area contributed by atoms with Crippen molar-refractivity contribution in [1.29, 1.82) is 0 Å². The van der Waals surface area contributed by atoms with E-state index in [-0.39, 0.29) is 0 Å². The van der Waals surface area contributed by atoms with E-state index in [2.05, 4.69) is 35.5 Å². The van der Waals surface area contributed by atoms with Crippen LogP contribution in [0.25, 0.3) is 0 Å². The summed E-state index contributed by atoms with van der Waals surface area (Å²) in [5.41, 5.74) is 2.71. The first-order chi connectivity index (χ1) is 8.78. The summed E-state index contributed by atoms with van der Waals surface area (Å²) in [6.45, 7) is 9.65. The largest absolute Gasteiger partial charge is 0.310 e. The monoisotopic (exact) mass is 265 g/mol. The third-order valence-electron chi connectivity index (χ3n) is 3.10. The molecule has 0 saturated heterocycles. The smallest absolute Gasteiger partial charge is 0.107 e. The van der Waals surface area contributed by atoms with Crippen LogP contribution in [0.4, 0.5) is 0 Å². The molecule has 0 bridgehead atoms. The van der Waals surface area contributed by atoms with E-state index in [1.165, 1.54) is 29.1 Å². The average Bonchev–Trinajstić information content (AvgIpc) is 2.77. The summed E-state index contributed by atoms with van der Waals surface area (Å²) in [7, 11) is 0. The van der Waals surface area contributed by atoms with Crippen LogP contribution in [0.3, 0.4) is 0 Å². The van der Waals surface area contributed by atoms with Crippen molar-refractivity contribution in [2.75, 3.05) is 19.6 Å². The third kappa shape index (κ3) is 4.19. The second-order valence-electron chi connectivity index (χ2n) is 4.96. The fraction of sp³-hybridized carbons (Fsp3) is 0.643. The Bertz CT molecular complexity index is 397. The minimum absolute atomic E-state index is 0.914. The molecule has 1 aliphatic heterocycles. The summed E-state index contributed by atoms with van der Waals surface area (Å²) >= 11 is 1.77. The third-order valence-corrected chi connectivity index (χ3v) is 4.00. The van der Waals surface area contributed by atoms with Crippen molar-refractivity contribution in [3.63, 3.8) is 0 Å². The quantitative estimate of drug-likeness (QED) is 0.633. The zero-order valence-corrected chi connectivity index (χ0v) is 12.2. The molecule has 0 aliphatic carbocycles. The highest BCUT2D eigenvalue weighted by atomic mass is 32.1. The Kier molecular flexibility index (Phi) is 5.35. The van der Waals surface area contributed by atoms with Gasteiger partial charge in [-0.2, -0.15) is 0 Å². The van der Waals surface area contributed by atoms with E-state index in [0.717, 1.165) is 32.7 Å². The summed E-state index contributed by atoms with van der Waals surface area (Å²) in [5, 5.41) is 6.82. The zero-order chi connectivity index (χ0) is 12.8. The molecule has 100 valence electrons. The van der Waals surface area contributed by atoms with E-state index in [1.807, 2.05) is 0 Å². The van der Waals surface area contributed by atoms with Gasteiger partial charge in [0.15, 0.2) is 0 Å². The predicted octanol–water partition coefficient (Wildman–Crippen LogP) is 2.79. The summed E-state index contributed by atoms with van der Waals surface area (Å²) in [6.07, 6.45) is 4.70. The van der Waals surface area contributed by atoms with Gasteiger partial charge in [-0.3, -0.25) is 4.90 Å². The first-order valence-electron chi connectivity index (χ1n) is 6.80. The van der Waals surface area contributed by atoms with Gasteiger partial charge in [0, 0.05) is 31.6 Å². The standard InChI is InChI=1S/C14H23N3S/c1-3-6-15-8-14-16-13(11-18-14)10-17-7-4-5-12(2)9-17/h5,11,15H,3-4,6-10H2,1-2H3. The van der Waals surface area contributed by atoms with Gasteiger partial charge in [0.05, 0.1) is 5.69 Å². The van der Waals surface area contributed by atoms with Crippen molar-refractivity contribution < 1.29 is 0 Å². The van der Waals surface area contributed by atoms with E-state index in [4.69, 9.17) is 4.98 Å². The molecule has 0 amide bonds. The van der Waals surface area contributed by atoms with Crippen LogP contribution in [-0.2, 0) is 13.1 Å². The second kappa shape index (κ2) is 7.02. The van der Waals surface area contributed by atoms with Crippen molar-refractivity contribution in [3.05, 3.63) is 27.7 Å². The SMILES string of the molecule is CCCNCc1nc(CN2CCC=C(C)C2)cs1. The minimum Gasteiger partial charge on any atom is -0.310 e. The molecule has 2 rings (SSSR count). The molecule has 0 radical (unpaired) electrons. The lowest BCUT2D eigenvalue weighted by molar-refractivity contribution is 0.279. The van der Waals surface area contributed by atoms with Crippen molar-refractivity contribution >= 4 is 11.3 Å². The highest BCUT2D eigenvalue weighted by molar-refractivity contribution is 7.09. The van der Waals surface area contributed by atoms with Crippen LogP contribution in [0.1, 0.15) is 37.4 Å². The molecule has 0 fully saturated rings. The molecule has 0 aromatic carbocycles. The van der Waals surface area contributed by atoms with Gasteiger partial charge in [-0.15, -0.1) is 11.3 Å². The first kappa shape index (κ1) is 13.7. The van der Waals surface area contributed by atoms with Gasteiger partial charge in [0.25, 0.3) is 0 Å². The van der Waals surface area contributed by atoms with Crippen LogP contribution < -0.4 is 5.32 Å². The number of rotatable bonds is 6. The molecular formula is C14H23N3S. The molecule has 1 N–H and O–H groups in total. The molecule has 0 atom stereocenters. The van der Waals surface area contributed by atoms with Gasteiger partial charge in [-0.25, -0.2) is 4.98 Å². The summed E-state index contributed by atoms with van der Waals surface area (Å²) in [4.78, 5) is 7.18. The number of hydrogen-bond donors (Lipinski definition) is 1. The molecule has 1 aromatic heterocycles. The van der Waals surface area contributed by atoms with Gasteiger partial charge in [-0.1, -0.05) is 18.6 Å². The Morgan fingerprint density at radius 1 is 1.50 bits per heavy atom. The Morgan fingerprint density at radius 2 is 2.39 bits per heavy atom. The van der Waals surface area contributed by atoms with Gasteiger partial charge in [-0.05, 0) is 26.3 Å². The Balaban J connectivity index is 1.81. The van der Waals surface area contributed by atoms with Crippen molar-refractivity contribution in [2.45, 2.75) is 39.8 Å². The maximum Gasteiger partial charge on any atom is 0.107 e. The van der Waals surface area contributed by atoms with E-state index >= 15 is 0 Å². The molecular weight excluding hydrogens is 242 g/mol. The Labute approximate surface area is 114 Å². The number of nitrogens with one attached hydrogen (secondary N) is 1. The summed E-state index contributed by atoms with van der Waals surface area (Å²) < 4.78 is 0. The topological polar surface area (TPSA) is 28.2 Å². The van der Waals surface area contributed by atoms with E-state index in [9.17, 15) is 0 Å². The normalized spacial score (nSPS) is 16.9. The molecule has 0 spiro atoms. The highest BCUT2D eigenvalue weighted by Gasteiger charge is 2.12.